The zero-order valence-electron chi connectivity index (χ0n) is 10.4. The van der Waals surface area contributed by atoms with Crippen molar-refractivity contribution in [2.24, 2.45) is 0 Å². The number of likely N-dealkylation sites (N-methyl/N-ethyl adjacent to an activating group) is 1. The maximum absolute atomic E-state index is 5.61. The fourth-order valence-electron chi connectivity index (χ4n) is 1.51. The van der Waals surface area contributed by atoms with Gasteiger partial charge in [-0.25, -0.2) is 0 Å². The van der Waals surface area contributed by atoms with Crippen molar-refractivity contribution < 1.29 is 4.74 Å². The van der Waals surface area contributed by atoms with Crippen molar-refractivity contribution in [1.82, 2.24) is 10.3 Å². The van der Waals surface area contributed by atoms with E-state index in [1.807, 2.05) is 19.4 Å². The van der Waals surface area contributed by atoms with E-state index in [9.17, 15) is 0 Å². The summed E-state index contributed by atoms with van der Waals surface area (Å²) in [6.07, 6.45) is 6.14. The van der Waals surface area contributed by atoms with Gasteiger partial charge >= 0.3 is 0 Å². The molecular formula is C13H22N2O. The lowest BCUT2D eigenvalue weighted by molar-refractivity contribution is 0.0611. The van der Waals surface area contributed by atoms with Crippen molar-refractivity contribution in [3.05, 3.63) is 30.1 Å². The Balaban J connectivity index is 2.28. The van der Waals surface area contributed by atoms with Crippen LogP contribution in [0.15, 0.2) is 24.5 Å². The fraction of sp³-hybridized carbons (Fsp3) is 0.615. The highest BCUT2D eigenvalue weighted by Gasteiger charge is 2.07. The van der Waals surface area contributed by atoms with E-state index in [0.29, 0.717) is 12.1 Å². The molecular weight excluding hydrogens is 200 g/mol. The largest absolute Gasteiger partial charge is 0.377 e. The molecule has 0 spiro atoms. The Bertz CT molecular complexity index is 275. The average Bonchev–Trinajstić information content (AvgIpc) is 2.30. The van der Waals surface area contributed by atoms with Crippen LogP contribution in [0, 0.1) is 0 Å². The molecule has 0 bridgehead atoms. The molecule has 1 atom stereocenters. The SMILES string of the molecule is CNC(CCc1ccncc1)COC(C)C. The molecule has 0 saturated heterocycles. The molecule has 1 heterocycles. The minimum absolute atomic E-state index is 0.303. The van der Waals surface area contributed by atoms with Crippen molar-refractivity contribution in [2.75, 3.05) is 13.7 Å². The Morgan fingerprint density at radius 2 is 2.00 bits per heavy atom. The number of hydrogen-bond acceptors (Lipinski definition) is 3. The number of ether oxygens (including phenoxy) is 1. The molecule has 0 radical (unpaired) electrons. The van der Waals surface area contributed by atoms with Gasteiger partial charge in [-0.05, 0) is 51.4 Å². The zero-order valence-corrected chi connectivity index (χ0v) is 10.4. The first kappa shape index (κ1) is 13.1. The summed E-state index contributed by atoms with van der Waals surface area (Å²) in [5, 5.41) is 3.29. The minimum atomic E-state index is 0.303. The zero-order chi connectivity index (χ0) is 11.8. The number of nitrogens with zero attached hydrogens (tertiary/aromatic N) is 1. The smallest absolute Gasteiger partial charge is 0.0623 e. The number of hydrogen-bond donors (Lipinski definition) is 1. The topological polar surface area (TPSA) is 34.2 Å². The molecule has 3 heteroatoms. The van der Waals surface area contributed by atoms with Crippen LogP contribution >= 0.6 is 0 Å². The normalized spacial score (nSPS) is 13.0. The monoisotopic (exact) mass is 222 g/mol. The molecule has 0 amide bonds. The van der Waals surface area contributed by atoms with Gasteiger partial charge in [-0.1, -0.05) is 0 Å². The molecule has 0 fully saturated rings. The summed E-state index contributed by atoms with van der Waals surface area (Å²) in [4.78, 5) is 4.01. The van der Waals surface area contributed by atoms with E-state index in [1.165, 1.54) is 5.56 Å². The van der Waals surface area contributed by atoms with E-state index in [4.69, 9.17) is 4.74 Å². The lowest BCUT2D eigenvalue weighted by atomic mass is 10.1. The second-order valence-electron chi connectivity index (χ2n) is 4.26. The molecule has 0 aromatic carbocycles. The van der Waals surface area contributed by atoms with Crippen LogP contribution in [0.25, 0.3) is 0 Å². The first-order valence-corrected chi connectivity index (χ1v) is 5.90. The van der Waals surface area contributed by atoms with Crippen molar-refractivity contribution in [3.8, 4) is 0 Å². The van der Waals surface area contributed by atoms with Crippen molar-refractivity contribution >= 4 is 0 Å². The predicted octanol–water partition coefficient (Wildman–Crippen LogP) is 2.03. The van der Waals surface area contributed by atoms with Gasteiger partial charge in [0.1, 0.15) is 0 Å². The van der Waals surface area contributed by atoms with E-state index in [1.54, 1.807) is 0 Å². The third-order valence-corrected chi connectivity index (χ3v) is 2.57. The Kier molecular flexibility index (Phi) is 6.04. The van der Waals surface area contributed by atoms with Gasteiger partial charge in [0.2, 0.25) is 0 Å². The quantitative estimate of drug-likeness (QED) is 0.766. The molecule has 1 aromatic rings. The standard InChI is InChI=1S/C13H22N2O/c1-11(2)16-10-13(14-3)5-4-12-6-8-15-9-7-12/h6-9,11,13-14H,4-5,10H2,1-3H3. The lowest BCUT2D eigenvalue weighted by Crippen LogP contribution is -2.32. The van der Waals surface area contributed by atoms with Gasteiger partial charge in [-0.15, -0.1) is 0 Å². The molecule has 90 valence electrons. The summed E-state index contributed by atoms with van der Waals surface area (Å²) in [6.45, 7) is 4.91. The number of aromatic nitrogens is 1. The highest BCUT2D eigenvalue weighted by molar-refractivity contribution is 5.09. The summed E-state index contributed by atoms with van der Waals surface area (Å²) in [7, 11) is 1.99. The number of nitrogens with one attached hydrogen (secondary N) is 1. The van der Waals surface area contributed by atoms with Crippen LogP contribution in [0.1, 0.15) is 25.8 Å². The van der Waals surface area contributed by atoms with Gasteiger partial charge in [-0.2, -0.15) is 0 Å². The van der Waals surface area contributed by atoms with E-state index >= 15 is 0 Å². The van der Waals surface area contributed by atoms with Gasteiger partial charge in [0.25, 0.3) is 0 Å². The second-order valence-corrected chi connectivity index (χ2v) is 4.26. The second kappa shape index (κ2) is 7.36. The van der Waals surface area contributed by atoms with Crippen LogP contribution in [0.2, 0.25) is 0 Å². The number of rotatable bonds is 7. The molecule has 1 N–H and O–H groups in total. The Morgan fingerprint density at radius 3 is 2.56 bits per heavy atom. The molecule has 16 heavy (non-hydrogen) atoms. The molecule has 1 unspecified atom stereocenters. The number of pyridine rings is 1. The van der Waals surface area contributed by atoms with Gasteiger partial charge < -0.3 is 10.1 Å². The summed E-state index contributed by atoms with van der Waals surface area (Å²) in [6, 6.07) is 4.56. The van der Waals surface area contributed by atoms with Gasteiger partial charge in [0.15, 0.2) is 0 Å². The maximum atomic E-state index is 5.61. The minimum Gasteiger partial charge on any atom is -0.377 e. The lowest BCUT2D eigenvalue weighted by Gasteiger charge is -2.17. The van der Waals surface area contributed by atoms with Crippen LogP contribution in [0.4, 0.5) is 0 Å². The summed E-state index contributed by atoms with van der Waals surface area (Å²) in [5.41, 5.74) is 1.33. The van der Waals surface area contributed by atoms with Gasteiger partial charge in [0.05, 0.1) is 12.7 Å². The van der Waals surface area contributed by atoms with Gasteiger partial charge in [0, 0.05) is 18.4 Å². The van der Waals surface area contributed by atoms with Crippen LogP contribution in [0.3, 0.4) is 0 Å². The molecule has 0 aliphatic rings. The van der Waals surface area contributed by atoms with Crippen LogP contribution in [-0.4, -0.2) is 30.8 Å². The van der Waals surface area contributed by atoms with E-state index in [-0.39, 0.29) is 0 Å². The van der Waals surface area contributed by atoms with Crippen LogP contribution < -0.4 is 5.32 Å². The Labute approximate surface area is 98.2 Å². The van der Waals surface area contributed by atoms with E-state index in [0.717, 1.165) is 19.4 Å². The highest BCUT2D eigenvalue weighted by atomic mass is 16.5. The Morgan fingerprint density at radius 1 is 1.31 bits per heavy atom. The van der Waals surface area contributed by atoms with Crippen molar-refractivity contribution in [2.45, 2.75) is 38.8 Å². The van der Waals surface area contributed by atoms with Crippen LogP contribution in [-0.2, 0) is 11.2 Å². The first-order valence-electron chi connectivity index (χ1n) is 5.90. The fourth-order valence-corrected chi connectivity index (χ4v) is 1.51. The van der Waals surface area contributed by atoms with Gasteiger partial charge in [-0.3, -0.25) is 4.98 Å². The summed E-state index contributed by atoms with van der Waals surface area (Å²) in [5.74, 6) is 0. The average molecular weight is 222 g/mol. The highest BCUT2D eigenvalue weighted by Crippen LogP contribution is 2.04. The maximum Gasteiger partial charge on any atom is 0.0623 e. The Hall–Kier alpha value is -0.930. The molecule has 0 aliphatic heterocycles. The molecule has 1 rings (SSSR count). The molecule has 1 aromatic heterocycles. The molecule has 0 saturated carbocycles. The van der Waals surface area contributed by atoms with Crippen LogP contribution in [0.5, 0.6) is 0 Å². The first-order chi connectivity index (χ1) is 7.72. The number of aryl methyl sites for hydroxylation is 1. The van der Waals surface area contributed by atoms with Crippen molar-refractivity contribution in [1.29, 1.82) is 0 Å². The molecule has 0 aliphatic carbocycles. The predicted molar refractivity (Wildman–Crippen MR) is 66.5 cm³/mol. The van der Waals surface area contributed by atoms with Crippen molar-refractivity contribution in [3.63, 3.8) is 0 Å². The summed E-state index contributed by atoms with van der Waals surface area (Å²) < 4.78 is 5.61. The third-order valence-electron chi connectivity index (χ3n) is 2.57. The summed E-state index contributed by atoms with van der Waals surface area (Å²) >= 11 is 0. The van der Waals surface area contributed by atoms with E-state index < -0.39 is 0 Å². The van der Waals surface area contributed by atoms with E-state index in [2.05, 4.69) is 36.3 Å². The third kappa shape index (κ3) is 5.24. The molecule has 3 nitrogen and oxygen atoms in total.